The third-order valence-electron chi connectivity index (χ3n) is 4.65. The highest BCUT2D eigenvalue weighted by Gasteiger charge is 2.29. The van der Waals surface area contributed by atoms with Gasteiger partial charge in [-0.3, -0.25) is 4.90 Å². The Morgan fingerprint density at radius 3 is 2.39 bits per heavy atom. The van der Waals surface area contributed by atoms with Gasteiger partial charge in [-0.25, -0.2) is 0 Å². The molecular weight excluding hydrogens is 224 g/mol. The number of hydrogen-bond donors (Lipinski definition) is 0. The lowest BCUT2D eigenvalue weighted by molar-refractivity contribution is -0.0716. The summed E-state index contributed by atoms with van der Waals surface area (Å²) in [6, 6.07) is 0.679. The van der Waals surface area contributed by atoms with Crippen molar-refractivity contribution in [2.45, 2.75) is 52.2 Å². The summed E-state index contributed by atoms with van der Waals surface area (Å²) in [6.07, 6.45) is 4.64. The summed E-state index contributed by atoms with van der Waals surface area (Å²) in [6.45, 7) is 13.7. The maximum absolute atomic E-state index is 5.93. The quantitative estimate of drug-likeness (QED) is 0.723. The molecule has 0 spiro atoms. The zero-order chi connectivity index (χ0) is 13.0. The lowest BCUT2D eigenvalue weighted by Crippen LogP contribution is -2.55. The van der Waals surface area contributed by atoms with Gasteiger partial charge in [0.25, 0.3) is 0 Å². The van der Waals surface area contributed by atoms with Crippen LogP contribution in [0.5, 0.6) is 0 Å². The fourth-order valence-corrected chi connectivity index (χ4v) is 2.96. The Balaban J connectivity index is 1.50. The molecular formula is C15H30N2O. The van der Waals surface area contributed by atoms with E-state index in [0.29, 0.717) is 12.1 Å². The predicted octanol–water partition coefficient (Wildman–Crippen LogP) is 2.22. The molecule has 106 valence electrons. The van der Waals surface area contributed by atoms with E-state index in [-0.39, 0.29) is 0 Å². The van der Waals surface area contributed by atoms with Crippen LogP contribution in [0.1, 0.15) is 40.0 Å². The molecule has 2 aliphatic heterocycles. The van der Waals surface area contributed by atoms with E-state index in [1.54, 1.807) is 0 Å². The fourth-order valence-electron chi connectivity index (χ4n) is 2.96. The Kier molecular flexibility index (Phi) is 5.46. The smallest absolute Gasteiger partial charge is 0.0829 e. The van der Waals surface area contributed by atoms with Gasteiger partial charge in [-0.1, -0.05) is 13.3 Å². The summed E-state index contributed by atoms with van der Waals surface area (Å²) in [5.74, 6) is 0.980. The lowest BCUT2D eigenvalue weighted by atomic mass is 9.94. The van der Waals surface area contributed by atoms with Crippen LogP contribution in [-0.2, 0) is 4.74 Å². The van der Waals surface area contributed by atoms with Crippen LogP contribution in [0, 0.1) is 5.92 Å². The number of nitrogens with zero attached hydrogens (tertiary/aromatic N) is 2. The van der Waals surface area contributed by atoms with E-state index >= 15 is 0 Å². The van der Waals surface area contributed by atoms with E-state index in [9.17, 15) is 0 Å². The highest BCUT2D eigenvalue weighted by atomic mass is 16.5. The van der Waals surface area contributed by atoms with Gasteiger partial charge in [-0.15, -0.1) is 0 Å². The van der Waals surface area contributed by atoms with Crippen molar-refractivity contribution in [1.82, 2.24) is 9.80 Å². The lowest BCUT2D eigenvalue weighted by Gasteiger charge is -2.42. The first-order valence-electron chi connectivity index (χ1n) is 7.77. The van der Waals surface area contributed by atoms with Crippen molar-refractivity contribution in [3.63, 3.8) is 0 Å². The van der Waals surface area contributed by atoms with Gasteiger partial charge >= 0.3 is 0 Å². The maximum atomic E-state index is 5.93. The summed E-state index contributed by atoms with van der Waals surface area (Å²) < 4.78 is 5.93. The molecule has 3 nitrogen and oxygen atoms in total. The van der Waals surface area contributed by atoms with Crippen molar-refractivity contribution in [2.75, 3.05) is 39.3 Å². The molecule has 18 heavy (non-hydrogen) atoms. The molecule has 2 rings (SSSR count). The summed E-state index contributed by atoms with van der Waals surface area (Å²) in [5.41, 5.74) is 0. The first-order chi connectivity index (χ1) is 8.69. The number of ether oxygens (including phenoxy) is 1. The fraction of sp³-hybridized carbons (Fsp3) is 1.00. The van der Waals surface area contributed by atoms with E-state index in [4.69, 9.17) is 4.74 Å². The molecule has 0 unspecified atom stereocenters. The molecule has 0 N–H and O–H groups in total. The summed E-state index contributed by atoms with van der Waals surface area (Å²) in [4.78, 5) is 5.04. The van der Waals surface area contributed by atoms with Crippen LogP contribution in [-0.4, -0.2) is 61.3 Å². The maximum Gasteiger partial charge on any atom is 0.0829 e. The van der Waals surface area contributed by atoms with Crippen LogP contribution in [0.25, 0.3) is 0 Å². The standard InChI is InChI=1S/C15H30N2O/c1-4-14-5-7-16(8-6-14)9-10-18-15-11-17(12-15)13(2)3/h13-15H,4-12H2,1-3H3. The summed E-state index contributed by atoms with van der Waals surface area (Å²) in [7, 11) is 0. The molecule has 0 atom stereocenters. The minimum absolute atomic E-state index is 0.501. The number of hydrogen-bond acceptors (Lipinski definition) is 3. The molecule has 0 saturated carbocycles. The second kappa shape index (κ2) is 6.88. The van der Waals surface area contributed by atoms with E-state index in [1.165, 1.54) is 32.4 Å². The van der Waals surface area contributed by atoms with Gasteiger partial charge in [0.2, 0.25) is 0 Å². The van der Waals surface area contributed by atoms with Crippen molar-refractivity contribution >= 4 is 0 Å². The minimum atomic E-state index is 0.501. The van der Waals surface area contributed by atoms with Crippen LogP contribution >= 0.6 is 0 Å². The van der Waals surface area contributed by atoms with E-state index in [0.717, 1.165) is 32.2 Å². The number of piperidine rings is 1. The van der Waals surface area contributed by atoms with Gasteiger partial charge in [0.15, 0.2) is 0 Å². The molecule has 0 aromatic carbocycles. The molecule has 3 heteroatoms. The predicted molar refractivity (Wildman–Crippen MR) is 75.9 cm³/mol. The summed E-state index contributed by atoms with van der Waals surface area (Å²) in [5, 5.41) is 0. The SMILES string of the molecule is CCC1CCN(CCOC2CN(C(C)C)C2)CC1. The van der Waals surface area contributed by atoms with Gasteiger partial charge in [0.1, 0.15) is 0 Å². The first-order valence-corrected chi connectivity index (χ1v) is 7.77. The second-order valence-corrected chi connectivity index (χ2v) is 6.23. The Labute approximate surface area is 112 Å². The van der Waals surface area contributed by atoms with Crippen LogP contribution in [0.2, 0.25) is 0 Å². The number of likely N-dealkylation sites (tertiary alicyclic amines) is 2. The van der Waals surface area contributed by atoms with E-state index < -0.39 is 0 Å². The van der Waals surface area contributed by atoms with Crippen LogP contribution in [0.4, 0.5) is 0 Å². The van der Waals surface area contributed by atoms with Crippen LogP contribution in [0.3, 0.4) is 0 Å². The Morgan fingerprint density at radius 2 is 1.83 bits per heavy atom. The van der Waals surface area contributed by atoms with Crippen molar-refractivity contribution in [1.29, 1.82) is 0 Å². The van der Waals surface area contributed by atoms with Crippen LogP contribution < -0.4 is 0 Å². The molecule has 2 fully saturated rings. The number of rotatable bonds is 6. The molecule has 0 radical (unpaired) electrons. The highest BCUT2D eigenvalue weighted by Crippen LogP contribution is 2.20. The average Bonchev–Trinajstić information content (AvgIpc) is 2.32. The van der Waals surface area contributed by atoms with Crippen molar-refractivity contribution in [3.8, 4) is 0 Å². The van der Waals surface area contributed by atoms with E-state index in [2.05, 4.69) is 30.6 Å². The van der Waals surface area contributed by atoms with Crippen molar-refractivity contribution in [2.24, 2.45) is 5.92 Å². The molecule has 0 aromatic rings. The molecule has 0 bridgehead atoms. The molecule has 0 aliphatic carbocycles. The molecule has 2 aliphatic rings. The zero-order valence-corrected chi connectivity index (χ0v) is 12.4. The Bertz CT molecular complexity index is 231. The minimum Gasteiger partial charge on any atom is -0.374 e. The molecule has 2 saturated heterocycles. The molecule has 0 aromatic heterocycles. The average molecular weight is 254 g/mol. The summed E-state index contributed by atoms with van der Waals surface area (Å²) >= 11 is 0. The normalized spacial score (nSPS) is 24.7. The largest absolute Gasteiger partial charge is 0.374 e. The highest BCUT2D eigenvalue weighted by molar-refractivity contribution is 4.83. The molecule has 0 amide bonds. The van der Waals surface area contributed by atoms with Gasteiger partial charge in [-0.05, 0) is 45.7 Å². The van der Waals surface area contributed by atoms with Gasteiger partial charge in [-0.2, -0.15) is 0 Å². The monoisotopic (exact) mass is 254 g/mol. The van der Waals surface area contributed by atoms with Gasteiger partial charge in [0.05, 0.1) is 12.7 Å². The molecule has 2 heterocycles. The topological polar surface area (TPSA) is 15.7 Å². The zero-order valence-electron chi connectivity index (χ0n) is 12.4. The van der Waals surface area contributed by atoms with Crippen molar-refractivity contribution < 1.29 is 4.74 Å². The Hall–Kier alpha value is -0.120. The second-order valence-electron chi connectivity index (χ2n) is 6.23. The van der Waals surface area contributed by atoms with E-state index in [1.807, 2.05) is 0 Å². The Morgan fingerprint density at radius 1 is 1.17 bits per heavy atom. The van der Waals surface area contributed by atoms with Gasteiger partial charge < -0.3 is 9.64 Å². The first kappa shape index (κ1) is 14.3. The third kappa shape index (κ3) is 3.94. The van der Waals surface area contributed by atoms with Crippen molar-refractivity contribution in [3.05, 3.63) is 0 Å². The van der Waals surface area contributed by atoms with Crippen LogP contribution in [0.15, 0.2) is 0 Å². The van der Waals surface area contributed by atoms with Gasteiger partial charge in [0, 0.05) is 25.7 Å². The third-order valence-corrected chi connectivity index (χ3v) is 4.65.